The molecule has 2 aliphatic rings. The van der Waals surface area contributed by atoms with Crippen LogP contribution in [0.1, 0.15) is 36.9 Å². The fourth-order valence-corrected chi connectivity index (χ4v) is 7.11. The lowest BCUT2D eigenvalue weighted by Crippen LogP contribution is -2.43. The van der Waals surface area contributed by atoms with Crippen molar-refractivity contribution in [3.8, 4) is 11.5 Å². The van der Waals surface area contributed by atoms with Crippen LogP contribution in [0, 0.1) is 6.92 Å². The summed E-state index contributed by atoms with van der Waals surface area (Å²) in [7, 11) is 3.25. The van der Waals surface area contributed by atoms with Crippen LogP contribution in [-0.4, -0.2) is 99.5 Å². The summed E-state index contributed by atoms with van der Waals surface area (Å²) in [6.07, 6.45) is 8.88. The summed E-state index contributed by atoms with van der Waals surface area (Å²) in [5.74, 6) is 1.46. The number of piperidine rings is 2. The molecular weight excluding hydrogens is 694 g/mol. The number of aromatic nitrogens is 5. The Hall–Kier alpha value is -4.40. The van der Waals surface area contributed by atoms with Crippen molar-refractivity contribution in [2.45, 2.75) is 64.3 Å². The number of ether oxygens (including phenoxy) is 2. The molecular formula is C39H50ClN9O4. The van der Waals surface area contributed by atoms with Crippen LogP contribution in [0.25, 0.3) is 22.1 Å². The lowest BCUT2D eigenvalue weighted by Gasteiger charge is -2.32. The van der Waals surface area contributed by atoms with Gasteiger partial charge in [-0.15, -0.1) is 0 Å². The maximum absolute atomic E-state index is 12.4. The van der Waals surface area contributed by atoms with Crippen LogP contribution in [0.5, 0.6) is 11.5 Å². The molecule has 0 saturated carbocycles. The average Bonchev–Trinajstić information content (AvgIpc) is 3.18. The van der Waals surface area contributed by atoms with E-state index in [1.165, 1.54) is 12.4 Å². The van der Waals surface area contributed by atoms with E-state index in [2.05, 4.69) is 30.1 Å². The number of fused-ring (bicyclic) bond motifs is 2. The van der Waals surface area contributed by atoms with Gasteiger partial charge in [-0.1, -0.05) is 11.6 Å². The molecule has 2 fully saturated rings. The highest BCUT2D eigenvalue weighted by molar-refractivity contribution is 6.31. The quantitative estimate of drug-likeness (QED) is 0.204. The summed E-state index contributed by atoms with van der Waals surface area (Å²) in [5, 5.41) is 4.34. The Bertz CT molecular complexity index is 2110. The first-order valence-corrected chi connectivity index (χ1v) is 18.7. The first-order valence-electron chi connectivity index (χ1n) is 18.3. The molecule has 13 nitrogen and oxygen atoms in total. The van der Waals surface area contributed by atoms with Crippen molar-refractivity contribution in [2.24, 2.45) is 5.73 Å². The largest absolute Gasteiger partial charge is 0.497 e. The van der Waals surface area contributed by atoms with Crippen LogP contribution in [0.15, 0.2) is 70.6 Å². The molecule has 7 rings (SSSR count). The summed E-state index contributed by atoms with van der Waals surface area (Å²) in [5.41, 5.74) is 11.0. The van der Waals surface area contributed by atoms with E-state index in [0.717, 1.165) is 116 Å². The number of benzene rings is 2. The monoisotopic (exact) mass is 743 g/mol. The lowest BCUT2D eigenvalue weighted by molar-refractivity contribution is 0.191. The zero-order chi connectivity index (χ0) is 37.3. The van der Waals surface area contributed by atoms with Gasteiger partial charge in [-0.2, -0.15) is 0 Å². The van der Waals surface area contributed by atoms with Crippen LogP contribution < -0.4 is 31.6 Å². The van der Waals surface area contributed by atoms with Crippen molar-refractivity contribution in [1.82, 2.24) is 39.2 Å². The molecule has 0 bridgehead atoms. The van der Waals surface area contributed by atoms with Crippen LogP contribution in [0.4, 0.5) is 0 Å². The molecule has 0 aliphatic carbocycles. The first kappa shape index (κ1) is 38.3. The molecule has 3 aromatic heterocycles. The van der Waals surface area contributed by atoms with E-state index in [1.807, 2.05) is 55.6 Å². The minimum absolute atomic E-state index is 0.0746. The summed E-state index contributed by atoms with van der Waals surface area (Å²) in [6.45, 7) is 9.68. The number of methoxy groups -OCH3 is 2. The highest BCUT2D eigenvalue weighted by atomic mass is 35.5. The number of rotatable bonds is 11. The topological polar surface area (TPSA) is 146 Å². The lowest BCUT2D eigenvalue weighted by atomic mass is 10.0. The molecule has 282 valence electrons. The number of halogens is 1. The summed E-state index contributed by atoms with van der Waals surface area (Å²) in [4.78, 5) is 42.2. The Morgan fingerprint density at radius 1 is 0.736 bits per heavy atom. The van der Waals surface area contributed by atoms with Gasteiger partial charge in [0.1, 0.15) is 11.5 Å². The standard InChI is InChI=1S/C23H28ClN5O2.C16H22N4O2/c1-16-20(24)11-17(13-25-16)14-26-18-5-7-28(8-6-18)9-10-29-22-12-19(31-2)3-4-21(22)27-15-23(29)30;1-22-13-2-3-14-15(10-13)20(16(21)11-18-14)9-8-19-6-4-12(17)5-7-19/h3-4,11-13,15,18,26H,5-10,14H2,1-2H3;2-3,10-12H,4-9,17H2,1H3. The molecule has 5 aromatic rings. The van der Waals surface area contributed by atoms with Gasteiger partial charge in [0, 0.05) is 63.1 Å². The van der Waals surface area contributed by atoms with Gasteiger partial charge in [-0.05, 0) is 94.7 Å². The Morgan fingerprint density at radius 3 is 1.74 bits per heavy atom. The normalized spacial score (nSPS) is 16.1. The van der Waals surface area contributed by atoms with E-state index in [9.17, 15) is 9.59 Å². The fourth-order valence-electron chi connectivity index (χ4n) is 6.92. The minimum atomic E-state index is -0.0809. The molecule has 2 aliphatic heterocycles. The smallest absolute Gasteiger partial charge is 0.269 e. The maximum Gasteiger partial charge on any atom is 0.269 e. The molecule has 5 heterocycles. The predicted octanol–water partition coefficient (Wildman–Crippen LogP) is 3.84. The van der Waals surface area contributed by atoms with Gasteiger partial charge in [0.05, 0.1) is 59.4 Å². The van der Waals surface area contributed by atoms with E-state index in [0.29, 0.717) is 30.2 Å². The third kappa shape index (κ3) is 9.98. The molecule has 0 radical (unpaired) electrons. The SMILES string of the molecule is COc1ccc2ncc(=O)n(CCN3CCC(N)CC3)c2c1.COc1ccc2ncc(=O)n(CCN3CCC(NCc4cnc(C)c(Cl)c4)CC3)c2c1. The maximum atomic E-state index is 12.4. The molecule has 0 atom stereocenters. The second kappa shape index (κ2) is 18.1. The molecule has 0 amide bonds. The van der Waals surface area contributed by atoms with Gasteiger partial charge in [0.2, 0.25) is 0 Å². The Morgan fingerprint density at radius 2 is 1.25 bits per heavy atom. The van der Waals surface area contributed by atoms with Crippen molar-refractivity contribution >= 4 is 33.7 Å². The van der Waals surface area contributed by atoms with Gasteiger partial charge in [0.25, 0.3) is 11.1 Å². The summed E-state index contributed by atoms with van der Waals surface area (Å²) < 4.78 is 14.1. The molecule has 0 unspecified atom stereocenters. The number of nitrogens with zero attached hydrogens (tertiary/aromatic N) is 7. The van der Waals surface area contributed by atoms with Crippen molar-refractivity contribution < 1.29 is 9.47 Å². The molecule has 2 aromatic carbocycles. The van der Waals surface area contributed by atoms with Gasteiger partial charge in [-0.25, -0.2) is 9.97 Å². The Kier molecular flexibility index (Phi) is 13.1. The van der Waals surface area contributed by atoms with E-state index in [-0.39, 0.29) is 11.1 Å². The molecule has 0 spiro atoms. The average molecular weight is 744 g/mol. The first-order chi connectivity index (χ1) is 25.7. The van der Waals surface area contributed by atoms with Crippen LogP contribution in [-0.2, 0) is 19.6 Å². The van der Waals surface area contributed by atoms with Gasteiger partial charge in [-0.3, -0.25) is 14.6 Å². The number of pyridine rings is 1. The van der Waals surface area contributed by atoms with Crippen molar-refractivity contribution in [2.75, 3.05) is 53.5 Å². The minimum Gasteiger partial charge on any atom is -0.497 e. The van der Waals surface area contributed by atoms with Gasteiger partial charge < -0.3 is 39.5 Å². The predicted molar refractivity (Wildman–Crippen MR) is 209 cm³/mol. The third-order valence-corrected chi connectivity index (χ3v) is 10.7. The Balaban J connectivity index is 0.000000192. The highest BCUT2D eigenvalue weighted by Gasteiger charge is 2.20. The molecule has 3 N–H and O–H groups in total. The number of hydrogen-bond donors (Lipinski definition) is 2. The van der Waals surface area contributed by atoms with E-state index >= 15 is 0 Å². The van der Waals surface area contributed by atoms with Crippen molar-refractivity contribution in [3.05, 3.63) is 98.0 Å². The molecule has 14 heteroatoms. The second-order valence-corrected chi connectivity index (χ2v) is 14.2. The number of likely N-dealkylation sites (tertiary alicyclic amines) is 2. The van der Waals surface area contributed by atoms with Crippen LogP contribution >= 0.6 is 11.6 Å². The van der Waals surface area contributed by atoms with E-state index in [4.69, 9.17) is 26.8 Å². The van der Waals surface area contributed by atoms with Crippen LogP contribution in [0.3, 0.4) is 0 Å². The summed E-state index contributed by atoms with van der Waals surface area (Å²) >= 11 is 6.17. The van der Waals surface area contributed by atoms with Crippen LogP contribution in [0.2, 0.25) is 5.02 Å². The Labute approximate surface area is 314 Å². The third-order valence-electron chi connectivity index (χ3n) is 10.3. The van der Waals surface area contributed by atoms with Crippen molar-refractivity contribution in [3.63, 3.8) is 0 Å². The molecule has 53 heavy (non-hydrogen) atoms. The number of nitrogens with two attached hydrogens (primary N) is 1. The van der Waals surface area contributed by atoms with E-state index < -0.39 is 0 Å². The van der Waals surface area contributed by atoms with E-state index in [1.54, 1.807) is 23.4 Å². The van der Waals surface area contributed by atoms with Gasteiger partial charge >= 0.3 is 0 Å². The fraction of sp³-hybridized carbons (Fsp3) is 0.462. The number of hydrogen-bond acceptors (Lipinski definition) is 11. The molecule has 2 saturated heterocycles. The summed E-state index contributed by atoms with van der Waals surface area (Å²) in [6, 6.07) is 14.0. The second-order valence-electron chi connectivity index (χ2n) is 13.8. The van der Waals surface area contributed by atoms with Gasteiger partial charge in [0.15, 0.2) is 0 Å². The zero-order valence-corrected chi connectivity index (χ0v) is 31.6. The highest BCUT2D eigenvalue weighted by Crippen LogP contribution is 2.20. The zero-order valence-electron chi connectivity index (χ0n) is 30.8. The number of nitrogens with one attached hydrogen (secondary N) is 1. The number of aryl methyl sites for hydroxylation is 1. The van der Waals surface area contributed by atoms with Crippen molar-refractivity contribution in [1.29, 1.82) is 0 Å².